The zero-order valence-electron chi connectivity index (χ0n) is 11.9. The fourth-order valence-electron chi connectivity index (χ4n) is 1.80. The van der Waals surface area contributed by atoms with Crippen LogP contribution in [0.4, 0.5) is 10.7 Å². The van der Waals surface area contributed by atoms with Gasteiger partial charge in [0.2, 0.25) is 0 Å². The maximum atomic E-state index is 11.5. The minimum atomic E-state index is -3.54. The smallest absolute Gasteiger partial charge is 0.304 e. The van der Waals surface area contributed by atoms with Gasteiger partial charge in [0.25, 0.3) is 0 Å². The van der Waals surface area contributed by atoms with Crippen molar-refractivity contribution in [2.75, 3.05) is 18.1 Å². The molecule has 0 saturated carbocycles. The van der Waals surface area contributed by atoms with Crippen LogP contribution in [0, 0.1) is 10.1 Å². The lowest BCUT2D eigenvalue weighted by Crippen LogP contribution is -2.12. The van der Waals surface area contributed by atoms with E-state index < -0.39 is 20.9 Å². The van der Waals surface area contributed by atoms with Crippen LogP contribution >= 0.6 is 22.9 Å². The summed E-state index contributed by atoms with van der Waals surface area (Å²) in [5.41, 5.74) is 0.253. The zero-order chi connectivity index (χ0) is 17.2. The Kier molecular flexibility index (Phi) is 5.25. The summed E-state index contributed by atoms with van der Waals surface area (Å²) >= 11 is 6.52. The van der Waals surface area contributed by atoms with Crippen molar-refractivity contribution < 1.29 is 18.4 Å². The fourth-order valence-corrected chi connectivity index (χ4v) is 3.87. The van der Waals surface area contributed by atoms with Crippen LogP contribution < -0.4 is 5.32 Å². The first-order valence-corrected chi connectivity index (χ1v) is 9.42. The highest BCUT2D eigenvalue weighted by molar-refractivity contribution is 7.92. The molecule has 0 bridgehead atoms. The van der Waals surface area contributed by atoms with Gasteiger partial charge >= 0.3 is 5.69 Å². The molecule has 0 amide bonds. The van der Waals surface area contributed by atoms with Crippen molar-refractivity contribution in [3.63, 3.8) is 0 Å². The lowest BCUT2D eigenvalue weighted by Gasteiger charge is -2.12. The van der Waals surface area contributed by atoms with Crippen molar-refractivity contribution >= 4 is 43.5 Å². The molecule has 0 unspecified atom stereocenters. The number of aliphatic hydroxyl groups is 1. The molecular formula is C13H13ClN2O5S2. The van der Waals surface area contributed by atoms with Crippen molar-refractivity contribution in [1.82, 2.24) is 0 Å². The van der Waals surface area contributed by atoms with E-state index in [0.29, 0.717) is 10.6 Å². The van der Waals surface area contributed by atoms with Gasteiger partial charge in [0, 0.05) is 23.9 Å². The third-order valence-electron chi connectivity index (χ3n) is 2.96. The fraction of sp³-hybridized carbons (Fsp3) is 0.231. The Hall–Kier alpha value is -1.68. The summed E-state index contributed by atoms with van der Waals surface area (Å²) in [4.78, 5) is 10.3. The molecule has 10 heteroatoms. The molecule has 0 radical (unpaired) electrons. The van der Waals surface area contributed by atoms with Crippen LogP contribution in [0.15, 0.2) is 34.5 Å². The van der Waals surface area contributed by atoms with Gasteiger partial charge in [0.15, 0.2) is 14.8 Å². The number of benzene rings is 1. The number of thiophene rings is 1. The predicted molar refractivity (Wildman–Crippen MR) is 89.0 cm³/mol. The largest absolute Gasteiger partial charge is 0.387 e. The van der Waals surface area contributed by atoms with Gasteiger partial charge in [0.05, 0.1) is 11.0 Å². The van der Waals surface area contributed by atoms with Crippen LogP contribution in [0.2, 0.25) is 5.02 Å². The predicted octanol–water partition coefficient (Wildman–Crippen LogP) is 2.86. The number of nitrogens with zero attached hydrogens (tertiary/aromatic N) is 1. The monoisotopic (exact) mass is 376 g/mol. The molecule has 2 rings (SSSR count). The summed E-state index contributed by atoms with van der Waals surface area (Å²) in [6, 6.07) is 7.53. The highest BCUT2D eigenvalue weighted by Gasteiger charge is 2.24. The minimum absolute atomic E-state index is 0.00775. The van der Waals surface area contributed by atoms with Crippen LogP contribution in [0.25, 0.3) is 0 Å². The minimum Gasteiger partial charge on any atom is -0.387 e. The van der Waals surface area contributed by atoms with Crippen LogP contribution in [0.3, 0.4) is 0 Å². The number of hydrogen-bond donors (Lipinski definition) is 2. The van der Waals surface area contributed by atoms with Gasteiger partial charge in [-0.05, 0) is 17.7 Å². The molecule has 1 aromatic heterocycles. The van der Waals surface area contributed by atoms with Crippen LogP contribution in [-0.2, 0) is 9.84 Å². The highest BCUT2D eigenvalue weighted by Crippen LogP contribution is 2.37. The first kappa shape index (κ1) is 17.7. The molecule has 2 N–H and O–H groups in total. The van der Waals surface area contributed by atoms with Gasteiger partial charge in [-0.15, -0.1) is 0 Å². The average molecular weight is 377 g/mol. The molecule has 0 spiro atoms. The van der Waals surface area contributed by atoms with Gasteiger partial charge in [-0.3, -0.25) is 10.1 Å². The van der Waals surface area contributed by atoms with E-state index in [-0.39, 0.29) is 21.4 Å². The van der Waals surface area contributed by atoms with E-state index >= 15 is 0 Å². The maximum absolute atomic E-state index is 11.5. The molecule has 0 aliphatic heterocycles. The van der Waals surface area contributed by atoms with E-state index in [1.54, 1.807) is 24.3 Å². The Balaban J connectivity index is 2.18. The second-order valence-corrected chi connectivity index (χ2v) is 8.49. The van der Waals surface area contributed by atoms with E-state index in [9.17, 15) is 23.6 Å². The Morgan fingerprint density at radius 3 is 2.52 bits per heavy atom. The topological polar surface area (TPSA) is 110 Å². The molecule has 0 aliphatic carbocycles. The highest BCUT2D eigenvalue weighted by atomic mass is 35.5. The van der Waals surface area contributed by atoms with Gasteiger partial charge in [-0.2, -0.15) is 0 Å². The summed E-state index contributed by atoms with van der Waals surface area (Å²) in [5.74, 6) is 0. The van der Waals surface area contributed by atoms with Crippen molar-refractivity contribution in [3.05, 3.63) is 51.0 Å². The van der Waals surface area contributed by atoms with E-state index in [0.717, 1.165) is 23.7 Å². The summed E-state index contributed by atoms with van der Waals surface area (Å²) in [6.07, 6.45) is 0.0604. The van der Waals surface area contributed by atoms with Gasteiger partial charge in [-0.25, -0.2) is 8.42 Å². The quantitative estimate of drug-likeness (QED) is 0.592. The number of anilines is 1. The number of halogens is 1. The third kappa shape index (κ3) is 4.41. The van der Waals surface area contributed by atoms with Crippen LogP contribution in [0.1, 0.15) is 11.7 Å². The van der Waals surface area contributed by atoms with E-state index in [2.05, 4.69) is 5.32 Å². The lowest BCUT2D eigenvalue weighted by molar-refractivity contribution is -0.383. The number of aliphatic hydroxyl groups excluding tert-OH is 1. The lowest BCUT2D eigenvalue weighted by atomic mass is 10.1. The molecule has 0 fully saturated rings. The molecule has 0 aliphatic rings. The van der Waals surface area contributed by atoms with Crippen molar-refractivity contribution in [2.24, 2.45) is 0 Å². The van der Waals surface area contributed by atoms with Gasteiger partial charge in [0.1, 0.15) is 4.21 Å². The SMILES string of the molecule is CS(=O)(=O)c1cc([N+](=O)[O-])c(NC[C@@H](O)c2ccc(Cl)cc2)s1. The third-order valence-corrected chi connectivity index (χ3v) is 6.10. The van der Waals surface area contributed by atoms with Crippen molar-refractivity contribution in [3.8, 4) is 0 Å². The van der Waals surface area contributed by atoms with E-state index in [4.69, 9.17) is 11.6 Å². The number of nitrogens with one attached hydrogen (secondary N) is 1. The Bertz CT molecular complexity index is 817. The normalized spacial score (nSPS) is 12.8. The summed E-state index contributed by atoms with van der Waals surface area (Å²) in [7, 11) is -3.54. The summed E-state index contributed by atoms with van der Waals surface area (Å²) in [6.45, 7) is -0.00775. The van der Waals surface area contributed by atoms with Crippen molar-refractivity contribution in [2.45, 2.75) is 10.3 Å². The van der Waals surface area contributed by atoms with Crippen LogP contribution in [-0.4, -0.2) is 31.2 Å². The Labute approximate surface area is 141 Å². The van der Waals surface area contributed by atoms with Crippen LogP contribution in [0.5, 0.6) is 0 Å². The first-order chi connectivity index (χ1) is 10.7. The number of sulfone groups is 1. The Morgan fingerprint density at radius 1 is 1.39 bits per heavy atom. The molecule has 23 heavy (non-hydrogen) atoms. The van der Waals surface area contributed by atoms with E-state index in [1.807, 2.05) is 0 Å². The first-order valence-electron chi connectivity index (χ1n) is 6.34. The zero-order valence-corrected chi connectivity index (χ0v) is 14.3. The molecule has 1 aromatic carbocycles. The molecule has 124 valence electrons. The maximum Gasteiger partial charge on any atom is 0.304 e. The number of rotatable bonds is 6. The molecule has 2 aromatic rings. The van der Waals surface area contributed by atoms with E-state index in [1.165, 1.54) is 0 Å². The number of nitro groups is 1. The molecular weight excluding hydrogens is 364 g/mol. The molecule has 0 saturated heterocycles. The molecule has 1 atom stereocenters. The molecule has 1 heterocycles. The van der Waals surface area contributed by atoms with Gasteiger partial charge in [-0.1, -0.05) is 35.1 Å². The number of hydrogen-bond acceptors (Lipinski definition) is 7. The van der Waals surface area contributed by atoms with Crippen molar-refractivity contribution in [1.29, 1.82) is 0 Å². The standard InChI is InChI=1S/C13H13ClN2O5S2/c1-23(20,21)12-6-10(16(18)19)13(22-12)15-7-11(17)8-2-4-9(14)5-3-8/h2-6,11,15,17H,7H2,1H3/t11-/m1/s1. The molecule has 7 nitrogen and oxygen atoms in total. The summed E-state index contributed by atoms with van der Waals surface area (Å²) in [5, 5.41) is 24.4. The average Bonchev–Trinajstić information content (AvgIpc) is 2.90. The van der Waals surface area contributed by atoms with Gasteiger partial charge < -0.3 is 10.4 Å². The Morgan fingerprint density at radius 2 is 2.00 bits per heavy atom. The second-order valence-electron chi connectivity index (χ2n) is 4.76. The summed E-state index contributed by atoms with van der Waals surface area (Å²) < 4.78 is 22.9. The second kappa shape index (κ2) is 6.83.